The molecule has 2 fully saturated rings. The zero-order valence-electron chi connectivity index (χ0n) is 13.5. The summed E-state index contributed by atoms with van der Waals surface area (Å²) in [4.78, 5) is 25.7. The van der Waals surface area contributed by atoms with Crippen molar-refractivity contribution in [2.24, 2.45) is 0 Å². The zero-order valence-corrected chi connectivity index (χ0v) is 17.0. The second kappa shape index (κ2) is 7.00. The number of carboxylic acids is 1. The number of hydrogen-bond acceptors (Lipinski definition) is 4. The van der Waals surface area contributed by atoms with E-state index in [0.29, 0.717) is 24.3 Å². The summed E-state index contributed by atoms with van der Waals surface area (Å²) in [6, 6.07) is 3.08. The summed E-state index contributed by atoms with van der Waals surface area (Å²) < 4.78 is 16.4. The largest absolute Gasteiger partial charge is 3.00 e. The number of nitrogens with zero attached hydrogens (tertiary/aromatic N) is 2. The van der Waals surface area contributed by atoms with E-state index in [9.17, 15) is 19.1 Å². The molecule has 1 aromatic heterocycles. The fraction of sp³-hybridized carbons (Fsp3) is 0.412. The molecule has 1 aliphatic carbocycles. The van der Waals surface area contributed by atoms with Gasteiger partial charge in [0.25, 0.3) is 0 Å². The SMILES string of the molecule is O=C(O)c1cn(C2CC2)c2cc(N3CCNCC3)c(F)cc2c1=O.[Bi+3]. The molecule has 25 heavy (non-hydrogen) atoms. The van der Waals surface area contributed by atoms with E-state index in [0.717, 1.165) is 25.9 Å². The van der Waals surface area contributed by atoms with Crippen LogP contribution < -0.4 is 15.6 Å². The summed E-state index contributed by atoms with van der Waals surface area (Å²) in [6.45, 7) is 2.96. The Bertz CT molecular complexity index is 889. The van der Waals surface area contributed by atoms with Gasteiger partial charge in [-0.15, -0.1) is 0 Å². The van der Waals surface area contributed by atoms with Crippen LogP contribution in [0.2, 0.25) is 0 Å². The van der Waals surface area contributed by atoms with Crippen molar-refractivity contribution < 1.29 is 14.3 Å². The third-order valence-corrected chi connectivity index (χ3v) is 4.73. The third kappa shape index (κ3) is 3.29. The van der Waals surface area contributed by atoms with Crippen molar-refractivity contribution in [2.75, 3.05) is 31.1 Å². The standard InChI is InChI=1S/C17H18FN3O3.Bi/c18-13-7-11-14(8-15(13)20-5-3-19-4-6-20)21(10-1-2-10)9-12(16(11)22)17(23)24;/h7-10,19H,1-6H2,(H,23,24);/q;+3. The Balaban J connectivity index is 0.00000182. The Labute approximate surface area is 162 Å². The van der Waals surface area contributed by atoms with E-state index in [2.05, 4.69) is 5.32 Å². The number of hydrogen-bond donors (Lipinski definition) is 2. The molecule has 2 N–H and O–H groups in total. The van der Waals surface area contributed by atoms with Gasteiger partial charge in [0.1, 0.15) is 11.4 Å². The van der Waals surface area contributed by atoms with Crippen LogP contribution in [0.1, 0.15) is 29.2 Å². The maximum atomic E-state index is 14.6. The maximum Gasteiger partial charge on any atom is 3.00 e. The molecule has 2 aromatic rings. The number of rotatable bonds is 3. The summed E-state index contributed by atoms with van der Waals surface area (Å²) in [5.41, 5.74) is 0.159. The molecular weight excluding hydrogens is 522 g/mol. The van der Waals surface area contributed by atoms with Crippen LogP contribution in [-0.4, -0.2) is 68.0 Å². The Morgan fingerprint density at radius 3 is 2.52 bits per heavy atom. The van der Waals surface area contributed by atoms with Gasteiger partial charge in [-0.2, -0.15) is 0 Å². The molecule has 128 valence electrons. The number of aromatic carboxylic acids is 1. The topological polar surface area (TPSA) is 74.6 Å². The molecule has 0 atom stereocenters. The van der Waals surface area contributed by atoms with Gasteiger partial charge in [-0.05, 0) is 25.0 Å². The van der Waals surface area contributed by atoms with Gasteiger partial charge in [0.05, 0.1) is 11.2 Å². The monoisotopic (exact) mass is 540 g/mol. The number of benzene rings is 1. The van der Waals surface area contributed by atoms with E-state index >= 15 is 0 Å². The number of nitrogens with one attached hydrogen (secondary N) is 1. The Hall–Kier alpha value is -1.53. The number of aromatic nitrogens is 1. The van der Waals surface area contributed by atoms with Gasteiger partial charge >= 0.3 is 32.2 Å². The molecule has 1 saturated carbocycles. The van der Waals surface area contributed by atoms with Gasteiger partial charge in [0.15, 0.2) is 0 Å². The van der Waals surface area contributed by atoms with Crippen LogP contribution in [0.4, 0.5) is 10.1 Å². The molecule has 1 aromatic carbocycles. The Morgan fingerprint density at radius 1 is 1.24 bits per heavy atom. The van der Waals surface area contributed by atoms with Crippen LogP contribution in [0.3, 0.4) is 0 Å². The minimum atomic E-state index is -1.28. The van der Waals surface area contributed by atoms with Gasteiger partial charge in [0.2, 0.25) is 5.43 Å². The first-order chi connectivity index (χ1) is 11.6. The number of fused-ring (bicyclic) bond motifs is 1. The van der Waals surface area contributed by atoms with Crippen molar-refractivity contribution >= 4 is 48.8 Å². The van der Waals surface area contributed by atoms with Crippen molar-refractivity contribution in [3.63, 3.8) is 0 Å². The van der Waals surface area contributed by atoms with Crippen molar-refractivity contribution in [1.82, 2.24) is 9.88 Å². The number of carboxylic acid groups (broad SMARTS) is 1. The molecule has 0 amide bonds. The molecule has 1 aliphatic heterocycles. The first kappa shape index (κ1) is 18.3. The van der Waals surface area contributed by atoms with E-state index in [-0.39, 0.29) is 43.2 Å². The fourth-order valence-electron chi connectivity index (χ4n) is 3.31. The average molecular weight is 540 g/mol. The number of pyridine rings is 1. The number of anilines is 1. The van der Waals surface area contributed by atoms with Crippen LogP contribution in [0.15, 0.2) is 23.1 Å². The van der Waals surface area contributed by atoms with Crippen LogP contribution in [-0.2, 0) is 0 Å². The molecule has 2 radical (unpaired) electrons. The van der Waals surface area contributed by atoms with Crippen LogP contribution in [0.5, 0.6) is 0 Å². The molecule has 1 saturated heterocycles. The predicted octanol–water partition coefficient (Wildman–Crippen LogP) is 1.20. The molecule has 0 unspecified atom stereocenters. The molecule has 0 bridgehead atoms. The van der Waals surface area contributed by atoms with Crippen molar-refractivity contribution in [3.05, 3.63) is 39.9 Å². The minimum Gasteiger partial charge on any atom is -0.477 e. The van der Waals surface area contributed by atoms with Gasteiger partial charge in [-0.1, -0.05) is 0 Å². The third-order valence-electron chi connectivity index (χ3n) is 4.73. The molecule has 0 spiro atoms. The average Bonchev–Trinajstić information content (AvgIpc) is 3.40. The van der Waals surface area contributed by atoms with E-state index in [1.54, 1.807) is 6.07 Å². The van der Waals surface area contributed by atoms with E-state index < -0.39 is 17.2 Å². The van der Waals surface area contributed by atoms with Crippen molar-refractivity contribution in [3.8, 4) is 0 Å². The molecule has 6 nitrogen and oxygen atoms in total. The first-order valence-corrected chi connectivity index (χ1v) is 8.13. The van der Waals surface area contributed by atoms with E-state index in [1.165, 1.54) is 12.3 Å². The normalized spacial score (nSPS) is 17.4. The van der Waals surface area contributed by atoms with Gasteiger partial charge in [-0.3, -0.25) is 4.79 Å². The first-order valence-electron chi connectivity index (χ1n) is 8.13. The molecular formula is C17H18BiFN3O3+3. The Morgan fingerprint density at radius 2 is 1.92 bits per heavy atom. The van der Waals surface area contributed by atoms with Crippen LogP contribution in [0, 0.1) is 5.82 Å². The second-order valence-electron chi connectivity index (χ2n) is 6.37. The van der Waals surface area contributed by atoms with E-state index in [1.807, 2.05) is 9.47 Å². The molecule has 8 heteroatoms. The smallest absolute Gasteiger partial charge is 0.477 e. The Kier molecular flexibility index (Phi) is 5.12. The summed E-state index contributed by atoms with van der Waals surface area (Å²) >= 11 is 0. The molecule has 2 heterocycles. The summed E-state index contributed by atoms with van der Waals surface area (Å²) in [7, 11) is 0. The number of piperazine rings is 1. The van der Waals surface area contributed by atoms with Crippen LogP contribution >= 0.6 is 0 Å². The zero-order chi connectivity index (χ0) is 16.8. The van der Waals surface area contributed by atoms with Crippen LogP contribution in [0.25, 0.3) is 10.9 Å². The number of halogens is 1. The second-order valence-corrected chi connectivity index (χ2v) is 6.37. The van der Waals surface area contributed by atoms with Crippen molar-refractivity contribution in [1.29, 1.82) is 0 Å². The minimum absolute atomic E-state index is 0. The fourth-order valence-corrected chi connectivity index (χ4v) is 3.31. The predicted molar refractivity (Wildman–Crippen MR) is 94.2 cm³/mol. The van der Waals surface area contributed by atoms with Gasteiger partial charge < -0.3 is 19.9 Å². The summed E-state index contributed by atoms with van der Waals surface area (Å²) in [5, 5.41) is 12.6. The van der Waals surface area contributed by atoms with E-state index in [4.69, 9.17) is 0 Å². The maximum absolute atomic E-state index is 14.6. The van der Waals surface area contributed by atoms with Gasteiger partial charge in [0, 0.05) is 43.8 Å². The summed E-state index contributed by atoms with van der Waals surface area (Å²) in [6.07, 6.45) is 3.29. The summed E-state index contributed by atoms with van der Waals surface area (Å²) in [5.74, 6) is -1.76. The molecule has 4 rings (SSSR count). The van der Waals surface area contributed by atoms with Crippen molar-refractivity contribution in [2.45, 2.75) is 18.9 Å². The molecule has 2 aliphatic rings. The quantitative estimate of drug-likeness (QED) is 0.573. The number of carbonyl (C=O) groups is 1. The van der Waals surface area contributed by atoms with Gasteiger partial charge in [-0.25, -0.2) is 9.18 Å².